The molecular formula is C19H20N4O3. The topological polar surface area (TPSA) is 77.4 Å². The molecule has 3 aromatic rings. The summed E-state index contributed by atoms with van der Waals surface area (Å²) in [5.41, 5.74) is 3.17. The van der Waals surface area contributed by atoms with Gasteiger partial charge in [0, 0.05) is 37.2 Å². The molecule has 5 rings (SSSR count). The second kappa shape index (κ2) is 6.66. The molecule has 1 aromatic carbocycles. The summed E-state index contributed by atoms with van der Waals surface area (Å²) in [5, 5.41) is 8.43. The Morgan fingerprint density at radius 2 is 2.04 bits per heavy atom. The van der Waals surface area contributed by atoms with Crippen LogP contribution in [-0.4, -0.2) is 33.3 Å². The summed E-state index contributed by atoms with van der Waals surface area (Å²) < 4.78 is 16.6. The van der Waals surface area contributed by atoms with E-state index in [1.165, 1.54) is 0 Å². The highest BCUT2D eigenvalue weighted by Crippen LogP contribution is 2.31. The van der Waals surface area contributed by atoms with Crippen molar-refractivity contribution in [3.63, 3.8) is 0 Å². The first-order chi connectivity index (χ1) is 12.9. The Kier molecular flexibility index (Phi) is 4.03. The lowest BCUT2D eigenvalue weighted by atomic mass is 10.0. The fourth-order valence-corrected chi connectivity index (χ4v) is 3.66. The summed E-state index contributed by atoms with van der Waals surface area (Å²) in [6.07, 6.45) is 2.81. The summed E-state index contributed by atoms with van der Waals surface area (Å²) in [5.74, 6) is 2.29. The van der Waals surface area contributed by atoms with Crippen LogP contribution < -0.4 is 0 Å². The molecule has 0 N–H and O–H groups in total. The Hall–Kier alpha value is -2.51. The van der Waals surface area contributed by atoms with Crippen LogP contribution in [0.15, 0.2) is 39.4 Å². The standard InChI is InChI=1S/C19H20N4O3/c1-2-5-13(6-3-1)18-14-11-23(9-8-15(14)25-22-18)12-17-20-19(26-21-17)16-7-4-10-24-16/h1-3,5-6,16H,4,7-12H2/t16-/m1/s1. The number of hydrogen-bond acceptors (Lipinski definition) is 7. The minimum atomic E-state index is -0.0352. The molecule has 0 radical (unpaired) electrons. The molecule has 2 aliphatic rings. The minimum Gasteiger partial charge on any atom is -0.368 e. The van der Waals surface area contributed by atoms with Crippen LogP contribution in [0.1, 0.15) is 42.0 Å². The van der Waals surface area contributed by atoms with Gasteiger partial charge < -0.3 is 13.8 Å². The van der Waals surface area contributed by atoms with Gasteiger partial charge in [-0.1, -0.05) is 40.6 Å². The fraction of sp³-hybridized carbons (Fsp3) is 0.421. The Morgan fingerprint density at radius 1 is 1.12 bits per heavy atom. The van der Waals surface area contributed by atoms with E-state index in [-0.39, 0.29) is 6.10 Å². The zero-order chi connectivity index (χ0) is 17.3. The highest BCUT2D eigenvalue weighted by atomic mass is 16.5. The molecule has 26 heavy (non-hydrogen) atoms. The lowest BCUT2D eigenvalue weighted by Crippen LogP contribution is -2.30. The number of nitrogens with zero attached hydrogens (tertiary/aromatic N) is 4. The first kappa shape index (κ1) is 15.7. The van der Waals surface area contributed by atoms with Gasteiger partial charge in [-0.3, -0.25) is 4.90 Å². The number of benzene rings is 1. The quantitative estimate of drug-likeness (QED) is 0.714. The second-order valence-corrected chi connectivity index (χ2v) is 6.81. The van der Waals surface area contributed by atoms with Crippen molar-refractivity contribution < 1.29 is 13.8 Å². The molecule has 0 unspecified atom stereocenters. The van der Waals surface area contributed by atoms with E-state index in [0.29, 0.717) is 18.3 Å². The molecule has 0 bridgehead atoms. The highest BCUT2D eigenvalue weighted by Gasteiger charge is 2.27. The van der Waals surface area contributed by atoms with Gasteiger partial charge in [0.25, 0.3) is 5.89 Å². The van der Waals surface area contributed by atoms with Gasteiger partial charge >= 0.3 is 0 Å². The van der Waals surface area contributed by atoms with Crippen molar-refractivity contribution in [3.8, 4) is 11.3 Å². The third-order valence-electron chi connectivity index (χ3n) is 5.01. The van der Waals surface area contributed by atoms with Gasteiger partial charge in [0.1, 0.15) is 17.6 Å². The Morgan fingerprint density at radius 3 is 2.88 bits per heavy atom. The van der Waals surface area contributed by atoms with Gasteiger partial charge in [0.15, 0.2) is 5.82 Å². The molecular weight excluding hydrogens is 332 g/mol. The molecule has 2 aliphatic heterocycles. The predicted molar refractivity (Wildman–Crippen MR) is 92.0 cm³/mol. The molecule has 4 heterocycles. The maximum absolute atomic E-state index is 5.61. The number of ether oxygens (including phenoxy) is 1. The Labute approximate surface area is 150 Å². The van der Waals surface area contributed by atoms with Crippen molar-refractivity contribution in [1.29, 1.82) is 0 Å². The van der Waals surface area contributed by atoms with Crippen molar-refractivity contribution in [2.75, 3.05) is 13.2 Å². The maximum atomic E-state index is 5.61. The molecule has 0 spiro atoms. The molecule has 1 saturated heterocycles. The first-order valence-electron chi connectivity index (χ1n) is 9.06. The SMILES string of the molecule is c1ccc(-c2noc3c2CN(Cc2noc([C@H]4CCCO4)n2)CC3)cc1. The zero-order valence-electron chi connectivity index (χ0n) is 14.4. The summed E-state index contributed by atoms with van der Waals surface area (Å²) >= 11 is 0. The van der Waals surface area contributed by atoms with E-state index in [0.717, 1.165) is 61.5 Å². The zero-order valence-corrected chi connectivity index (χ0v) is 14.4. The van der Waals surface area contributed by atoms with E-state index in [1.807, 2.05) is 18.2 Å². The molecule has 0 saturated carbocycles. The second-order valence-electron chi connectivity index (χ2n) is 6.81. The first-order valence-corrected chi connectivity index (χ1v) is 9.06. The van der Waals surface area contributed by atoms with Gasteiger partial charge in [-0.2, -0.15) is 4.98 Å². The van der Waals surface area contributed by atoms with Crippen LogP contribution in [0.25, 0.3) is 11.3 Å². The monoisotopic (exact) mass is 352 g/mol. The fourth-order valence-electron chi connectivity index (χ4n) is 3.66. The van der Waals surface area contributed by atoms with E-state index < -0.39 is 0 Å². The lowest BCUT2D eigenvalue weighted by molar-refractivity contribution is 0.0835. The number of rotatable bonds is 4. The van der Waals surface area contributed by atoms with E-state index in [2.05, 4.69) is 32.3 Å². The summed E-state index contributed by atoms with van der Waals surface area (Å²) in [7, 11) is 0. The van der Waals surface area contributed by atoms with E-state index in [9.17, 15) is 0 Å². The number of aromatic nitrogens is 3. The average molecular weight is 352 g/mol. The van der Waals surface area contributed by atoms with Gasteiger partial charge in [0.2, 0.25) is 0 Å². The third-order valence-corrected chi connectivity index (χ3v) is 5.01. The Bertz CT molecular complexity index is 883. The minimum absolute atomic E-state index is 0.0352. The highest BCUT2D eigenvalue weighted by molar-refractivity contribution is 5.63. The average Bonchev–Trinajstić information content (AvgIpc) is 3.43. The van der Waals surface area contributed by atoms with Gasteiger partial charge in [0.05, 0.1) is 6.54 Å². The van der Waals surface area contributed by atoms with Crippen LogP contribution in [0.5, 0.6) is 0 Å². The van der Waals surface area contributed by atoms with Crippen LogP contribution in [0, 0.1) is 0 Å². The molecule has 1 atom stereocenters. The number of hydrogen-bond donors (Lipinski definition) is 0. The summed E-state index contributed by atoms with van der Waals surface area (Å²) in [6.45, 7) is 3.08. The van der Waals surface area contributed by atoms with Gasteiger partial charge in [-0.15, -0.1) is 0 Å². The molecule has 1 fully saturated rings. The van der Waals surface area contributed by atoms with Crippen molar-refractivity contribution in [3.05, 3.63) is 53.4 Å². The van der Waals surface area contributed by atoms with Crippen LogP contribution >= 0.6 is 0 Å². The third kappa shape index (κ3) is 2.93. The molecule has 2 aromatic heterocycles. The van der Waals surface area contributed by atoms with Crippen LogP contribution in [0.3, 0.4) is 0 Å². The molecule has 134 valence electrons. The van der Waals surface area contributed by atoms with Crippen LogP contribution in [0.4, 0.5) is 0 Å². The number of fused-ring (bicyclic) bond motifs is 1. The largest absolute Gasteiger partial charge is 0.368 e. The van der Waals surface area contributed by atoms with Gasteiger partial charge in [-0.25, -0.2) is 0 Å². The molecule has 0 aliphatic carbocycles. The molecule has 7 nitrogen and oxygen atoms in total. The maximum Gasteiger partial charge on any atom is 0.255 e. The van der Waals surface area contributed by atoms with Gasteiger partial charge in [-0.05, 0) is 12.8 Å². The van der Waals surface area contributed by atoms with Crippen molar-refractivity contribution in [2.45, 2.75) is 38.5 Å². The van der Waals surface area contributed by atoms with E-state index in [1.54, 1.807) is 0 Å². The summed E-state index contributed by atoms with van der Waals surface area (Å²) in [4.78, 5) is 6.83. The van der Waals surface area contributed by atoms with E-state index >= 15 is 0 Å². The normalized spacial score (nSPS) is 20.4. The Balaban J connectivity index is 1.32. The molecule has 7 heteroatoms. The van der Waals surface area contributed by atoms with E-state index in [4.69, 9.17) is 13.8 Å². The predicted octanol–water partition coefficient (Wildman–Crippen LogP) is 3.13. The smallest absolute Gasteiger partial charge is 0.255 e. The van der Waals surface area contributed by atoms with Crippen LogP contribution in [0.2, 0.25) is 0 Å². The summed E-state index contributed by atoms with van der Waals surface area (Å²) in [6, 6.07) is 10.2. The van der Waals surface area contributed by atoms with Crippen molar-refractivity contribution in [2.24, 2.45) is 0 Å². The van der Waals surface area contributed by atoms with Crippen molar-refractivity contribution >= 4 is 0 Å². The van der Waals surface area contributed by atoms with Crippen molar-refractivity contribution in [1.82, 2.24) is 20.2 Å². The van der Waals surface area contributed by atoms with Crippen LogP contribution in [-0.2, 0) is 24.2 Å². The lowest BCUT2D eigenvalue weighted by Gasteiger charge is -2.24. The molecule has 0 amide bonds.